The number of esters is 1. The Balaban J connectivity index is 1.77. The van der Waals surface area contributed by atoms with E-state index in [1.165, 1.54) is 0 Å². The molecule has 0 saturated carbocycles. The number of benzene rings is 2. The first kappa shape index (κ1) is 20.2. The quantitative estimate of drug-likeness (QED) is 0.386. The number of rotatable bonds is 6. The third-order valence-corrected chi connectivity index (χ3v) is 5.15. The first-order valence-electron chi connectivity index (χ1n) is 8.55. The van der Waals surface area contributed by atoms with E-state index < -0.39 is 36.7 Å². The molecule has 5 atom stereocenters. The number of ether oxygens (including phenoxy) is 3. The number of hydrogen-bond acceptors (Lipinski definition) is 5. The van der Waals surface area contributed by atoms with E-state index >= 15 is 0 Å². The second-order valence-corrected chi connectivity index (χ2v) is 7.04. The van der Waals surface area contributed by atoms with Crippen LogP contribution < -0.4 is 0 Å². The fraction of sp³-hybridized carbons (Fsp3) is 0.350. The van der Waals surface area contributed by atoms with Crippen molar-refractivity contribution in [3.05, 3.63) is 71.8 Å². The van der Waals surface area contributed by atoms with Gasteiger partial charge in [-0.15, -0.1) is 0 Å². The van der Waals surface area contributed by atoms with Gasteiger partial charge in [0, 0.05) is 4.43 Å². The number of aliphatic hydroxyl groups is 1. The zero-order chi connectivity index (χ0) is 19.2. The van der Waals surface area contributed by atoms with Crippen molar-refractivity contribution in [2.75, 3.05) is 4.43 Å². The van der Waals surface area contributed by atoms with Gasteiger partial charge in [0.25, 0.3) is 0 Å². The molecule has 0 unspecified atom stereocenters. The maximum absolute atomic E-state index is 14.7. The number of hydrogen-bond donors (Lipinski definition) is 1. The zero-order valence-electron chi connectivity index (χ0n) is 14.4. The van der Waals surface area contributed by atoms with Crippen molar-refractivity contribution in [1.29, 1.82) is 0 Å². The van der Waals surface area contributed by atoms with E-state index in [1.54, 1.807) is 30.3 Å². The van der Waals surface area contributed by atoms with Crippen molar-refractivity contribution in [3.63, 3.8) is 0 Å². The minimum absolute atomic E-state index is 0.131. The van der Waals surface area contributed by atoms with Crippen LogP contribution in [0.1, 0.15) is 15.9 Å². The average Bonchev–Trinajstić information content (AvgIpc) is 2.71. The van der Waals surface area contributed by atoms with E-state index in [0.717, 1.165) is 5.56 Å². The van der Waals surface area contributed by atoms with E-state index in [0.29, 0.717) is 9.99 Å². The van der Waals surface area contributed by atoms with Crippen LogP contribution in [0.2, 0.25) is 0 Å². The van der Waals surface area contributed by atoms with Crippen LogP contribution in [-0.4, -0.2) is 46.3 Å². The maximum Gasteiger partial charge on any atom is 0.338 e. The highest BCUT2D eigenvalue weighted by atomic mass is 127. The third kappa shape index (κ3) is 5.04. The summed E-state index contributed by atoms with van der Waals surface area (Å²) in [7, 11) is 0. The van der Waals surface area contributed by atoms with Gasteiger partial charge in [0.2, 0.25) is 0 Å². The summed E-state index contributed by atoms with van der Waals surface area (Å²) in [6, 6.07) is 17.7. The van der Waals surface area contributed by atoms with Gasteiger partial charge in [-0.2, -0.15) is 0 Å². The molecular formula is C20H20FIO5. The highest BCUT2D eigenvalue weighted by Gasteiger charge is 2.48. The van der Waals surface area contributed by atoms with Crippen molar-refractivity contribution in [1.82, 2.24) is 0 Å². The summed E-state index contributed by atoms with van der Waals surface area (Å²) in [6.45, 7) is 0.131. The number of halogens is 2. The molecule has 0 spiro atoms. The van der Waals surface area contributed by atoms with Crippen molar-refractivity contribution in [3.8, 4) is 0 Å². The van der Waals surface area contributed by atoms with Gasteiger partial charge in [0.1, 0.15) is 12.2 Å². The molecule has 0 bridgehead atoms. The molecule has 1 N–H and O–H groups in total. The van der Waals surface area contributed by atoms with Crippen LogP contribution >= 0.6 is 22.6 Å². The topological polar surface area (TPSA) is 65.0 Å². The van der Waals surface area contributed by atoms with Crippen molar-refractivity contribution >= 4 is 28.6 Å². The number of alkyl halides is 2. The summed E-state index contributed by atoms with van der Waals surface area (Å²) in [4.78, 5) is 12.5. The molecule has 2 aromatic carbocycles. The van der Waals surface area contributed by atoms with Crippen molar-refractivity contribution in [2.45, 2.75) is 37.4 Å². The molecule has 1 heterocycles. The lowest BCUT2D eigenvalue weighted by Gasteiger charge is -2.40. The molecule has 144 valence electrons. The van der Waals surface area contributed by atoms with E-state index in [-0.39, 0.29) is 6.61 Å². The lowest BCUT2D eigenvalue weighted by Crippen LogP contribution is -2.58. The molecule has 3 rings (SSSR count). The summed E-state index contributed by atoms with van der Waals surface area (Å²) in [5.74, 6) is -0.587. The van der Waals surface area contributed by atoms with Crippen LogP contribution in [0.5, 0.6) is 0 Å². The Kier molecular flexibility index (Phi) is 7.17. The Morgan fingerprint density at radius 1 is 1.07 bits per heavy atom. The molecule has 0 radical (unpaired) electrons. The predicted octanol–water partition coefficient (Wildman–Crippen LogP) is 3.29. The first-order chi connectivity index (χ1) is 13.1. The van der Waals surface area contributed by atoms with E-state index in [1.807, 2.05) is 52.9 Å². The summed E-state index contributed by atoms with van der Waals surface area (Å²) in [6.07, 6.45) is -6.25. The molecule has 0 aromatic heterocycles. The summed E-state index contributed by atoms with van der Waals surface area (Å²) >= 11 is 2.05. The predicted molar refractivity (Wildman–Crippen MR) is 105 cm³/mol. The van der Waals surface area contributed by atoms with Gasteiger partial charge in [-0.25, -0.2) is 9.18 Å². The van der Waals surface area contributed by atoms with Gasteiger partial charge >= 0.3 is 5.97 Å². The molecule has 1 saturated heterocycles. The molecule has 0 aliphatic carbocycles. The Morgan fingerprint density at radius 2 is 1.70 bits per heavy atom. The van der Waals surface area contributed by atoms with Crippen LogP contribution in [0.25, 0.3) is 0 Å². The van der Waals surface area contributed by atoms with Crippen LogP contribution in [0.15, 0.2) is 60.7 Å². The largest absolute Gasteiger partial charge is 0.453 e. The third-order valence-electron chi connectivity index (χ3n) is 4.28. The van der Waals surface area contributed by atoms with Gasteiger partial charge in [0.15, 0.2) is 18.6 Å². The Morgan fingerprint density at radius 3 is 2.33 bits per heavy atom. The van der Waals surface area contributed by atoms with Gasteiger partial charge in [-0.05, 0) is 17.7 Å². The lowest BCUT2D eigenvalue weighted by molar-refractivity contribution is -0.269. The van der Waals surface area contributed by atoms with Gasteiger partial charge in [-0.1, -0.05) is 71.1 Å². The second kappa shape index (κ2) is 9.59. The maximum atomic E-state index is 14.7. The molecule has 1 fully saturated rings. The fourth-order valence-corrected chi connectivity index (χ4v) is 3.58. The van der Waals surface area contributed by atoms with Crippen LogP contribution in [-0.2, 0) is 20.8 Å². The Labute approximate surface area is 170 Å². The smallest absolute Gasteiger partial charge is 0.338 e. The molecule has 1 aliphatic rings. The Hall–Kier alpha value is -1.55. The van der Waals surface area contributed by atoms with Gasteiger partial charge in [0.05, 0.1) is 12.2 Å². The van der Waals surface area contributed by atoms with E-state index in [9.17, 15) is 14.3 Å². The summed E-state index contributed by atoms with van der Waals surface area (Å²) in [5, 5.41) is 9.89. The molecule has 0 amide bonds. The monoisotopic (exact) mass is 486 g/mol. The van der Waals surface area contributed by atoms with Crippen molar-refractivity contribution < 1.29 is 28.5 Å². The average molecular weight is 486 g/mol. The number of carbonyl (C=O) groups is 1. The van der Waals surface area contributed by atoms with E-state index in [2.05, 4.69) is 0 Å². The lowest BCUT2D eigenvalue weighted by atomic mass is 10.00. The molecule has 7 heteroatoms. The van der Waals surface area contributed by atoms with Crippen molar-refractivity contribution in [2.24, 2.45) is 0 Å². The number of aliphatic hydroxyl groups excluding tert-OH is 1. The minimum Gasteiger partial charge on any atom is -0.453 e. The van der Waals surface area contributed by atoms with Crippen LogP contribution in [0.3, 0.4) is 0 Å². The molecule has 1 aliphatic heterocycles. The van der Waals surface area contributed by atoms with Crippen LogP contribution in [0.4, 0.5) is 4.39 Å². The normalized spacial score (nSPS) is 27.9. The molecule has 27 heavy (non-hydrogen) atoms. The fourth-order valence-electron chi connectivity index (χ4n) is 2.87. The number of carbonyl (C=O) groups excluding carboxylic acids is 1. The minimum atomic E-state index is -1.83. The highest BCUT2D eigenvalue weighted by molar-refractivity contribution is 14.1. The molecule has 5 nitrogen and oxygen atoms in total. The standard InChI is InChI=1S/C20H20FIO5/c21-16-18(25-12-13-7-3-1-4-8-13)17(15(11-22)26-20(16)24)27-19(23)14-9-5-2-6-10-14/h1-10,15-18,20,24H,11-12H2/t15-,16+,17-,18-,20+/m1/s1. The summed E-state index contributed by atoms with van der Waals surface area (Å²) < 4.78 is 31.7. The highest BCUT2D eigenvalue weighted by Crippen LogP contribution is 2.29. The molecule has 2 aromatic rings. The van der Waals surface area contributed by atoms with Gasteiger partial charge < -0.3 is 19.3 Å². The van der Waals surface area contributed by atoms with Gasteiger partial charge in [-0.3, -0.25) is 0 Å². The zero-order valence-corrected chi connectivity index (χ0v) is 16.6. The van der Waals surface area contributed by atoms with Crippen LogP contribution in [0, 0.1) is 0 Å². The molecular weight excluding hydrogens is 466 g/mol. The first-order valence-corrected chi connectivity index (χ1v) is 10.1. The van der Waals surface area contributed by atoms with E-state index in [4.69, 9.17) is 14.2 Å². The SMILES string of the molecule is O=C(O[C@H]1[C@H](OCc2ccccc2)[C@H](F)[C@@H](O)O[C@@H]1CI)c1ccccc1. The summed E-state index contributed by atoms with van der Waals surface area (Å²) in [5.41, 5.74) is 1.21. The Bertz CT molecular complexity index is 730. The second-order valence-electron chi connectivity index (χ2n) is 6.16.